The number of aromatic hydroxyl groups is 1. The highest BCUT2D eigenvalue weighted by molar-refractivity contribution is 5.40. The molecule has 1 aromatic rings. The molecule has 1 N–H and O–H groups in total. The molecule has 0 fully saturated rings. The monoisotopic (exact) mass is 160 g/mol. The molecule has 0 aliphatic rings. The van der Waals surface area contributed by atoms with Crippen LogP contribution in [0, 0.1) is 6.42 Å². The van der Waals surface area contributed by atoms with E-state index in [4.69, 9.17) is 0 Å². The Labute approximate surface area is 73.4 Å². The number of hydrogen-bond acceptors (Lipinski definition) is 1. The van der Waals surface area contributed by atoms with E-state index in [-0.39, 0.29) is 5.75 Å². The lowest BCUT2D eigenvalue weighted by atomic mass is 10.1. The van der Waals surface area contributed by atoms with Gasteiger partial charge in [-0.25, -0.2) is 0 Å². The normalized spacial score (nSPS) is 9.50. The maximum atomic E-state index is 9.33. The molecular weight excluding hydrogens is 148 g/mol. The number of benzene rings is 1. The molecule has 0 saturated carbocycles. The Balaban J connectivity index is 2.76. The van der Waals surface area contributed by atoms with Crippen LogP contribution in [0.25, 0.3) is 0 Å². The highest BCUT2D eigenvalue weighted by atomic mass is 16.3. The van der Waals surface area contributed by atoms with Crippen LogP contribution in [-0.2, 0) is 0 Å². The quantitative estimate of drug-likeness (QED) is 0.705. The molecule has 0 aliphatic heterocycles. The predicted molar refractivity (Wildman–Crippen MR) is 49.9 cm³/mol. The Hall–Kier alpha value is -1.24. The molecule has 0 unspecified atom stereocenters. The molecule has 0 aliphatic carbocycles. The van der Waals surface area contributed by atoms with Crippen LogP contribution in [0.5, 0.6) is 5.75 Å². The van der Waals surface area contributed by atoms with Crippen LogP contribution in [0.3, 0.4) is 0 Å². The molecule has 0 heterocycles. The lowest BCUT2D eigenvalue weighted by Crippen LogP contribution is -1.79. The smallest absolute Gasteiger partial charge is 0.119 e. The van der Waals surface area contributed by atoms with Gasteiger partial charge in [0.15, 0.2) is 0 Å². The first-order valence-corrected chi connectivity index (χ1v) is 3.88. The van der Waals surface area contributed by atoms with Gasteiger partial charge in [-0.15, -0.1) is 0 Å². The number of para-hydroxylation sites is 1. The summed E-state index contributed by atoms with van der Waals surface area (Å²) in [5.41, 5.74) is 1.90. The average molecular weight is 160 g/mol. The van der Waals surface area contributed by atoms with Crippen molar-refractivity contribution in [2.45, 2.75) is 13.8 Å². The second-order valence-electron chi connectivity index (χ2n) is 2.88. The third kappa shape index (κ3) is 2.42. The van der Waals surface area contributed by atoms with Crippen molar-refractivity contribution in [2.75, 3.05) is 0 Å². The van der Waals surface area contributed by atoms with Gasteiger partial charge in [-0.3, -0.25) is 0 Å². The van der Waals surface area contributed by atoms with E-state index in [9.17, 15) is 5.11 Å². The van der Waals surface area contributed by atoms with Crippen molar-refractivity contribution >= 4 is 0 Å². The van der Waals surface area contributed by atoms with Crippen LogP contribution in [0.2, 0.25) is 0 Å². The molecule has 1 heteroatoms. The summed E-state index contributed by atoms with van der Waals surface area (Å²) in [5, 5.41) is 9.33. The SMILES string of the molecule is CC(C)=C[C]c1ccccc1O. The van der Waals surface area contributed by atoms with E-state index in [2.05, 4.69) is 6.42 Å². The zero-order valence-corrected chi connectivity index (χ0v) is 7.33. The Morgan fingerprint density at radius 1 is 1.33 bits per heavy atom. The summed E-state index contributed by atoms with van der Waals surface area (Å²) in [6.45, 7) is 3.99. The van der Waals surface area contributed by atoms with E-state index in [1.807, 2.05) is 32.1 Å². The van der Waals surface area contributed by atoms with E-state index in [0.29, 0.717) is 0 Å². The molecule has 0 spiro atoms. The first-order valence-electron chi connectivity index (χ1n) is 3.88. The van der Waals surface area contributed by atoms with Gasteiger partial charge in [0.25, 0.3) is 0 Å². The maximum Gasteiger partial charge on any atom is 0.119 e. The van der Waals surface area contributed by atoms with Gasteiger partial charge in [-0.1, -0.05) is 29.8 Å². The fraction of sp³-hybridized carbons (Fsp3) is 0.182. The molecule has 1 aromatic carbocycles. The third-order valence-electron chi connectivity index (χ3n) is 1.42. The summed E-state index contributed by atoms with van der Waals surface area (Å²) in [5.74, 6) is 0.273. The van der Waals surface area contributed by atoms with Gasteiger partial charge in [0, 0.05) is 12.0 Å². The zero-order chi connectivity index (χ0) is 8.97. The van der Waals surface area contributed by atoms with Crippen molar-refractivity contribution in [3.8, 4) is 5.75 Å². The maximum absolute atomic E-state index is 9.33. The standard InChI is InChI=1S/C11H12O/c1-9(2)7-8-10-5-3-4-6-11(10)12/h3-7,12H,1-2H3. The summed E-state index contributed by atoms with van der Waals surface area (Å²) in [4.78, 5) is 0. The Bertz CT molecular complexity index is 283. The molecule has 2 radical (unpaired) electrons. The number of allylic oxidation sites excluding steroid dienone is 2. The fourth-order valence-electron chi connectivity index (χ4n) is 0.818. The molecule has 0 atom stereocenters. The van der Waals surface area contributed by atoms with Gasteiger partial charge in [0.2, 0.25) is 0 Å². The van der Waals surface area contributed by atoms with Crippen molar-refractivity contribution in [2.24, 2.45) is 0 Å². The van der Waals surface area contributed by atoms with Crippen molar-refractivity contribution < 1.29 is 5.11 Å². The van der Waals surface area contributed by atoms with E-state index < -0.39 is 0 Å². The number of phenols is 1. The third-order valence-corrected chi connectivity index (χ3v) is 1.42. The highest BCUT2D eigenvalue weighted by Crippen LogP contribution is 2.18. The Morgan fingerprint density at radius 2 is 2.00 bits per heavy atom. The van der Waals surface area contributed by atoms with Gasteiger partial charge in [0.1, 0.15) is 5.75 Å². The number of phenolic OH excluding ortho intramolecular Hbond substituents is 1. The molecule has 1 rings (SSSR count). The van der Waals surface area contributed by atoms with E-state index in [1.54, 1.807) is 12.1 Å². The van der Waals surface area contributed by atoms with Crippen molar-refractivity contribution in [3.05, 3.63) is 47.9 Å². The molecule has 62 valence electrons. The summed E-state index contributed by atoms with van der Waals surface area (Å²) in [6.07, 6.45) is 4.86. The molecule has 0 bridgehead atoms. The lowest BCUT2D eigenvalue weighted by molar-refractivity contribution is 0.472. The first-order chi connectivity index (χ1) is 5.70. The lowest BCUT2D eigenvalue weighted by Gasteiger charge is -1.98. The van der Waals surface area contributed by atoms with Gasteiger partial charge in [-0.2, -0.15) is 0 Å². The van der Waals surface area contributed by atoms with Crippen LogP contribution in [0.15, 0.2) is 35.9 Å². The van der Waals surface area contributed by atoms with E-state index in [0.717, 1.165) is 5.56 Å². The van der Waals surface area contributed by atoms with Crippen LogP contribution >= 0.6 is 0 Å². The highest BCUT2D eigenvalue weighted by Gasteiger charge is 1.96. The fourth-order valence-corrected chi connectivity index (χ4v) is 0.818. The average Bonchev–Trinajstić information content (AvgIpc) is 2.03. The summed E-state index contributed by atoms with van der Waals surface area (Å²) in [7, 11) is 0. The van der Waals surface area contributed by atoms with Crippen molar-refractivity contribution in [1.29, 1.82) is 0 Å². The van der Waals surface area contributed by atoms with Crippen molar-refractivity contribution in [1.82, 2.24) is 0 Å². The molecule has 0 aromatic heterocycles. The van der Waals surface area contributed by atoms with Crippen LogP contribution in [0.4, 0.5) is 0 Å². The largest absolute Gasteiger partial charge is 0.508 e. The number of hydrogen-bond donors (Lipinski definition) is 1. The zero-order valence-electron chi connectivity index (χ0n) is 7.33. The summed E-state index contributed by atoms with van der Waals surface area (Å²) < 4.78 is 0. The van der Waals surface area contributed by atoms with Crippen molar-refractivity contribution in [3.63, 3.8) is 0 Å². The second-order valence-corrected chi connectivity index (χ2v) is 2.88. The van der Waals surface area contributed by atoms with Crippen LogP contribution in [-0.4, -0.2) is 5.11 Å². The minimum Gasteiger partial charge on any atom is -0.508 e. The number of rotatable bonds is 2. The summed E-state index contributed by atoms with van der Waals surface area (Å²) in [6, 6.07) is 7.15. The van der Waals surface area contributed by atoms with Gasteiger partial charge in [0.05, 0.1) is 0 Å². The van der Waals surface area contributed by atoms with Crippen LogP contribution < -0.4 is 0 Å². The molecule has 12 heavy (non-hydrogen) atoms. The van der Waals surface area contributed by atoms with Gasteiger partial charge < -0.3 is 5.11 Å². The molecule has 1 nitrogen and oxygen atoms in total. The van der Waals surface area contributed by atoms with Gasteiger partial charge >= 0.3 is 0 Å². The van der Waals surface area contributed by atoms with E-state index >= 15 is 0 Å². The Kier molecular flexibility index (Phi) is 2.92. The molecular formula is C11H12O. The topological polar surface area (TPSA) is 20.2 Å². The second kappa shape index (κ2) is 3.96. The summed E-state index contributed by atoms with van der Waals surface area (Å²) >= 11 is 0. The minimum absolute atomic E-state index is 0.273. The minimum atomic E-state index is 0.273. The molecule has 0 saturated heterocycles. The van der Waals surface area contributed by atoms with Gasteiger partial charge in [-0.05, 0) is 19.9 Å². The van der Waals surface area contributed by atoms with Crippen LogP contribution in [0.1, 0.15) is 19.4 Å². The first kappa shape index (κ1) is 8.85. The van der Waals surface area contributed by atoms with E-state index in [1.165, 1.54) is 5.57 Å². The Morgan fingerprint density at radius 3 is 2.58 bits per heavy atom. The predicted octanol–water partition coefficient (Wildman–Crippen LogP) is 2.79. The molecule has 0 amide bonds.